The van der Waals surface area contributed by atoms with Gasteiger partial charge in [0, 0.05) is 33.3 Å². The second-order valence-corrected chi connectivity index (χ2v) is 5.02. The molecule has 1 aliphatic heterocycles. The molecule has 19 heavy (non-hydrogen) atoms. The Morgan fingerprint density at radius 3 is 2.63 bits per heavy atom. The van der Waals surface area contributed by atoms with E-state index in [1.165, 1.54) is 0 Å². The van der Waals surface area contributed by atoms with Gasteiger partial charge in [0.05, 0.1) is 18.7 Å². The molecule has 0 saturated carbocycles. The first-order valence-electron chi connectivity index (χ1n) is 6.14. The van der Waals surface area contributed by atoms with Gasteiger partial charge >= 0.3 is 5.69 Å². The van der Waals surface area contributed by atoms with E-state index in [4.69, 9.17) is 16.3 Å². The van der Waals surface area contributed by atoms with Crippen molar-refractivity contribution < 1.29 is 4.74 Å². The molecule has 102 valence electrons. The standard InChI is InChI=1S/C12H15ClN4O2/c1-15-8-7-9(13)14-11(10(8)16(2)12(15)18)17-3-5-19-6-4-17/h7H,3-6H2,1-2H3. The minimum absolute atomic E-state index is 0.0754. The summed E-state index contributed by atoms with van der Waals surface area (Å²) in [6.45, 7) is 2.84. The molecule has 1 fully saturated rings. The smallest absolute Gasteiger partial charge is 0.328 e. The maximum absolute atomic E-state index is 12.0. The number of fused-ring (bicyclic) bond motifs is 1. The molecule has 0 N–H and O–H groups in total. The van der Waals surface area contributed by atoms with Gasteiger partial charge in [0.15, 0.2) is 5.82 Å². The highest BCUT2D eigenvalue weighted by atomic mass is 35.5. The van der Waals surface area contributed by atoms with Crippen LogP contribution in [0.1, 0.15) is 0 Å². The highest BCUT2D eigenvalue weighted by molar-refractivity contribution is 6.30. The van der Waals surface area contributed by atoms with E-state index in [0.29, 0.717) is 18.4 Å². The molecule has 0 spiro atoms. The molecule has 0 radical (unpaired) electrons. The third kappa shape index (κ3) is 1.91. The third-order valence-corrected chi connectivity index (χ3v) is 3.70. The average molecular weight is 283 g/mol. The van der Waals surface area contributed by atoms with E-state index < -0.39 is 0 Å². The van der Waals surface area contributed by atoms with Crippen LogP contribution in [0.25, 0.3) is 11.0 Å². The maximum atomic E-state index is 12.0. The summed E-state index contributed by atoms with van der Waals surface area (Å²) in [7, 11) is 3.49. The molecule has 2 aromatic rings. The van der Waals surface area contributed by atoms with E-state index in [1.807, 2.05) is 0 Å². The minimum Gasteiger partial charge on any atom is -0.378 e. The van der Waals surface area contributed by atoms with Gasteiger partial charge in [0.1, 0.15) is 10.7 Å². The molecule has 3 heterocycles. The monoisotopic (exact) mass is 282 g/mol. The number of morpholine rings is 1. The Balaban J connectivity index is 2.28. The minimum atomic E-state index is -0.0754. The molecule has 7 heteroatoms. The van der Waals surface area contributed by atoms with Crippen LogP contribution >= 0.6 is 11.6 Å². The molecule has 2 aromatic heterocycles. The SMILES string of the molecule is Cn1c(=O)n(C)c2c(N3CCOCC3)nc(Cl)cc21. The fourth-order valence-electron chi connectivity index (χ4n) is 2.48. The Kier molecular flexibility index (Phi) is 2.99. The highest BCUT2D eigenvalue weighted by Gasteiger charge is 2.20. The summed E-state index contributed by atoms with van der Waals surface area (Å²) in [6.07, 6.45) is 0. The van der Waals surface area contributed by atoms with Gasteiger partial charge in [-0.1, -0.05) is 11.6 Å². The number of anilines is 1. The summed E-state index contributed by atoms with van der Waals surface area (Å²) in [4.78, 5) is 18.6. The quantitative estimate of drug-likeness (QED) is 0.725. The summed E-state index contributed by atoms with van der Waals surface area (Å²) >= 11 is 6.08. The zero-order chi connectivity index (χ0) is 13.6. The van der Waals surface area contributed by atoms with Gasteiger partial charge in [0.2, 0.25) is 0 Å². The molecule has 6 nitrogen and oxygen atoms in total. The first-order valence-corrected chi connectivity index (χ1v) is 6.52. The van der Waals surface area contributed by atoms with Gasteiger partial charge in [-0.2, -0.15) is 0 Å². The maximum Gasteiger partial charge on any atom is 0.328 e. The number of halogens is 1. The zero-order valence-corrected chi connectivity index (χ0v) is 11.6. The molecule has 1 saturated heterocycles. The molecule has 0 aromatic carbocycles. The molecular formula is C12H15ClN4O2. The topological polar surface area (TPSA) is 52.3 Å². The number of ether oxygens (including phenoxy) is 1. The number of imidazole rings is 1. The first kappa shape index (κ1) is 12.5. The van der Waals surface area contributed by atoms with Crippen molar-refractivity contribution in [3.8, 4) is 0 Å². The lowest BCUT2D eigenvalue weighted by atomic mass is 10.3. The van der Waals surface area contributed by atoms with Gasteiger partial charge in [-0.05, 0) is 0 Å². The second kappa shape index (κ2) is 4.54. The highest BCUT2D eigenvalue weighted by Crippen LogP contribution is 2.27. The lowest BCUT2D eigenvalue weighted by Gasteiger charge is -2.28. The van der Waals surface area contributed by atoms with Gasteiger partial charge in [0.25, 0.3) is 0 Å². The number of pyridine rings is 1. The fraction of sp³-hybridized carbons (Fsp3) is 0.500. The van der Waals surface area contributed by atoms with Crippen LogP contribution < -0.4 is 10.6 Å². The van der Waals surface area contributed by atoms with Crippen LogP contribution in [0.3, 0.4) is 0 Å². The molecular weight excluding hydrogens is 268 g/mol. The number of aryl methyl sites for hydroxylation is 2. The number of aromatic nitrogens is 3. The Morgan fingerprint density at radius 2 is 1.95 bits per heavy atom. The van der Waals surface area contributed by atoms with Gasteiger partial charge < -0.3 is 9.64 Å². The van der Waals surface area contributed by atoms with Crippen molar-refractivity contribution >= 4 is 28.5 Å². The summed E-state index contributed by atoms with van der Waals surface area (Å²) in [6, 6.07) is 1.72. The molecule has 0 unspecified atom stereocenters. The molecule has 0 bridgehead atoms. The van der Waals surface area contributed by atoms with Crippen molar-refractivity contribution in [1.82, 2.24) is 14.1 Å². The Hall–Kier alpha value is -1.53. The van der Waals surface area contributed by atoms with E-state index in [-0.39, 0.29) is 5.69 Å². The van der Waals surface area contributed by atoms with Gasteiger partial charge in [-0.15, -0.1) is 0 Å². The lowest BCUT2D eigenvalue weighted by Crippen LogP contribution is -2.37. The van der Waals surface area contributed by atoms with Crippen molar-refractivity contribution in [2.75, 3.05) is 31.2 Å². The third-order valence-electron chi connectivity index (χ3n) is 3.50. The number of hydrogen-bond acceptors (Lipinski definition) is 4. The number of hydrogen-bond donors (Lipinski definition) is 0. The van der Waals surface area contributed by atoms with Crippen LogP contribution in [0, 0.1) is 0 Å². The largest absolute Gasteiger partial charge is 0.378 e. The molecule has 1 aliphatic rings. The van der Waals surface area contributed by atoms with Crippen molar-refractivity contribution in [3.63, 3.8) is 0 Å². The molecule has 0 aliphatic carbocycles. The van der Waals surface area contributed by atoms with Crippen LogP contribution in [0.4, 0.5) is 5.82 Å². The van der Waals surface area contributed by atoms with Gasteiger partial charge in [-0.3, -0.25) is 9.13 Å². The van der Waals surface area contributed by atoms with E-state index in [9.17, 15) is 4.79 Å². The zero-order valence-electron chi connectivity index (χ0n) is 10.9. The normalized spacial score (nSPS) is 16.3. The van der Waals surface area contributed by atoms with Crippen LogP contribution in [-0.2, 0) is 18.8 Å². The van der Waals surface area contributed by atoms with Crippen molar-refractivity contribution in [1.29, 1.82) is 0 Å². The molecule has 0 atom stereocenters. The lowest BCUT2D eigenvalue weighted by molar-refractivity contribution is 0.122. The predicted octanol–water partition coefficient (Wildman–Crippen LogP) is 0.762. The van der Waals surface area contributed by atoms with Crippen molar-refractivity contribution in [3.05, 3.63) is 21.7 Å². The summed E-state index contributed by atoms with van der Waals surface area (Å²) < 4.78 is 8.55. The number of rotatable bonds is 1. The van der Waals surface area contributed by atoms with Crippen LogP contribution in [0.2, 0.25) is 5.15 Å². The van der Waals surface area contributed by atoms with Crippen molar-refractivity contribution in [2.45, 2.75) is 0 Å². The fourth-order valence-corrected chi connectivity index (χ4v) is 2.66. The second-order valence-electron chi connectivity index (χ2n) is 4.64. The van der Waals surface area contributed by atoms with Crippen LogP contribution in [-0.4, -0.2) is 40.4 Å². The van der Waals surface area contributed by atoms with E-state index in [0.717, 1.165) is 29.9 Å². The van der Waals surface area contributed by atoms with Gasteiger partial charge in [-0.25, -0.2) is 9.78 Å². The predicted molar refractivity (Wildman–Crippen MR) is 74.0 cm³/mol. The molecule has 3 rings (SSSR count). The van der Waals surface area contributed by atoms with Crippen molar-refractivity contribution in [2.24, 2.45) is 14.1 Å². The number of nitrogens with zero attached hydrogens (tertiary/aromatic N) is 4. The molecule has 0 amide bonds. The Bertz CT molecular complexity index is 685. The average Bonchev–Trinajstić information content (AvgIpc) is 2.64. The van der Waals surface area contributed by atoms with E-state index >= 15 is 0 Å². The van der Waals surface area contributed by atoms with E-state index in [2.05, 4.69) is 9.88 Å². The Labute approximate surface area is 115 Å². The van der Waals surface area contributed by atoms with Crippen LogP contribution in [0.15, 0.2) is 10.9 Å². The van der Waals surface area contributed by atoms with E-state index in [1.54, 1.807) is 29.3 Å². The summed E-state index contributed by atoms with van der Waals surface area (Å²) in [5, 5.41) is 0.398. The summed E-state index contributed by atoms with van der Waals surface area (Å²) in [5.74, 6) is 0.756. The Morgan fingerprint density at radius 1 is 1.26 bits per heavy atom. The summed E-state index contributed by atoms with van der Waals surface area (Å²) in [5.41, 5.74) is 1.54. The van der Waals surface area contributed by atoms with Crippen LogP contribution in [0.5, 0.6) is 0 Å². The first-order chi connectivity index (χ1) is 9.09.